The van der Waals surface area contributed by atoms with E-state index < -0.39 is 0 Å². The molecule has 0 bridgehead atoms. The zero-order chi connectivity index (χ0) is 10.7. The molecule has 0 amide bonds. The van der Waals surface area contributed by atoms with Crippen LogP contribution in [-0.2, 0) is 11.2 Å². The van der Waals surface area contributed by atoms with Crippen molar-refractivity contribution in [3.05, 3.63) is 35.6 Å². The molecule has 0 aliphatic carbocycles. The third kappa shape index (κ3) is 2.76. The minimum Gasteiger partial charge on any atom is -0.381 e. The molecule has 2 nitrogen and oxygen atoms in total. The van der Waals surface area contributed by atoms with Crippen LogP contribution in [0.4, 0.5) is 4.39 Å². The smallest absolute Gasteiger partial charge is 0.123 e. The average molecular weight is 209 g/mol. The maximum absolute atomic E-state index is 13.0. The summed E-state index contributed by atoms with van der Waals surface area (Å²) in [6.45, 7) is 1.43. The van der Waals surface area contributed by atoms with Gasteiger partial charge < -0.3 is 10.5 Å². The highest BCUT2D eigenvalue weighted by molar-refractivity contribution is 5.19. The first-order valence-electron chi connectivity index (χ1n) is 5.29. The van der Waals surface area contributed by atoms with Crippen LogP contribution in [0.5, 0.6) is 0 Å². The Labute approximate surface area is 89.2 Å². The largest absolute Gasteiger partial charge is 0.381 e. The van der Waals surface area contributed by atoms with E-state index in [1.165, 1.54) is 6.07 Å². The van der Waals surface area contributed by atoms with Crippen molar-refractivity contribution in [3.8, 4) is 0 Å². The Hall–Kier alpha value is -0.930. The lowest BCUT2D eigenvalue weighted by Gasteiger charge is -2.33. The van der Waals surface area contributed by atoms with Gasteiger partial charge in [0.2, 0.25) is 0 Å². The SMILES string of the molecule is NC1(Cc2cccc(F)c2)CCOCC1. The van der Waals surface area contributed by atoms with Gasteiger partial charge in [-0.05, 0) is 37.0 Å². The summed E-state index contributed by atoms with van der Waals surface area (Å²) in [5.74, 6) is -0.192. The fourth-order valence-corrected chi connectivity index (χ4v) is 2.01. The summed E-state index contributed by atoms with van der Waals surface area (Å²) in [5.41, 5.74) is 6.99. The fraction of sp³-hybridized carbons (Fsp3) is 0.500. The van der Waals surface area contributed by atoms with E-state index in [-0.39, 0.29) is 11.4 Å². The first-order chi connectivity index (χ1) is 7.18. The van der Waals surface area contributed by atoms with Crippen molar-refractivity contribution in [1.82, 2.24) is 0 Å². The second-order valence-electron chi connectivity index (χ2n) is 4.28. The van der Waals surface area contributed by atoms with Gasteiger partial charge in [0, 0.05) is 18.8 Å². The summed E-state index contributed by atoms with van der Waals surface area (Å²) in [7, 11) is 0. The van der Waals surface area contributed by atoms with E-state index in [9.17, 15) is 4.39 Å². The molecule has 1 fully saturated rings. The van der Waals surface area contributed by atoms with Crippen LogP contribution in [0.25, 0.3) is 0 Å². The van der Waals surface area contributed by atoms with Crippen LogP contribution in [0.3, 0.4) is 0 Å². The van der Waals surface area contributed by atoms with E-state index in [0.717, 1.165) is 24.8 Å². The summed E-state index contributed by atoms with van der Waals surface area (Å²) in [6.07, 6.45) is 2.43. The zero-order valence-electron chi connectivity index (χ0n) is 8.71. The minimum atomic E-state index is -0.216. The zero-order valence-corrected chi connectivity index (χ0v) is 8.71. The number of halogens is 1. The van der Waals surface area contributed by atoms with Crippen LogP contribution in [0, 0.1) is 5.82 Å². The first-order valence-corrected chi connectivity index (χ1v) is 5.29. The molecule has 15 heavy (non-hydrogen) atoms. The molecule has 0 aromatic heterocycles. The number of hydrogen-bond acceptors (Lipinski definition) is 2. The molecule has 0 atom stereocenters. The van der Waals surface area contributed by atoms with Crippen LogP contribution < -0.4 is 5.73 Å². The Morgan fingerprint density at radius 2 is 2.07 bits per heavy atom. The molecule has 1 aliphatic heterocycles. The molecule has 1 aliphatic rings. The van der Waals surface area contributed by atoms with E-state index >= 15 is 0 Å². The van der Waals surface area contributed by atoms with E-state index in [1.54, 1.807) is 12.1 Å². The Bertz CT molecular complexity index is 334. The van der Waals surface area contributed by atoms with Crippen molar-refractivity contribution in [2.24, 2.45) is 5.73 Å². The maximum Gasteiger partial charge on any atom is 0.123 e. The van der Waals surface area contributed by atoms with Gasteiger partial charge in [0.15, 0.2) is 0 Å². The van der Waals surface area contributed by atoms with Gasteiger partial charge in [0.05, 0.1) is 0 Å². The molecule has 82 valence electrons. The summed E-state index contributed by atoms with van der Waals surface area (Å²) >= 11 is 0. The van der Waals surface area contributed by atoms with Gasteiger partial charge in [0.25, 0.3) is 0 Å². The molecule has 3 heteroatoms. The highest BCUT2D eigenvalue weighted by atomic mass is 19.1. The van der Waals surface area contributed by atoms with Crippen LogP contribution in [0.15, 0.2) is 24.3 Å². The molecular formula is C12H16FNO. The summed E-state index contributed by atoms with van der Waals surface area (Å²) in [6, 6.07) is 6.67. The lowest BCUT2D eigenvalue weighted by molar-refractivity contribution is 0.0533. The third-order valence-corrected chi connectivity index (χ3v) is 2.93. The topological polar surface area (TPSA) is 35.2 Å². The molecule has 0 radical (unpaired) electrons. The number of hydrogen-bond donors (Lipinski definition) is 1. The second kappa shape index (κ2) is 4.29. The highest BCUT2D eigenvalue weighted by Crippen LogP contribution is 2.22. The number of benzene rings is 1. The Kier molecular flexibility index (Phi) is 3.03. The van der Waals surface area contributed by atoms with Crippen LogP contribution in [0.1, 0.15) is 18.4 Å². The summed E-state index contributed by atoms with van der Waals surface area (Å²) < 4.78 is 18.3. The predicted octanol–water partition coefficient (Wildman–Crippen LogP) is 1.88. The molecule has 1 aromatic carbocycles. The summed E-state index contributed by atoms with van der Waals surface area (Å²) in [4.78, 5) is 0. The van der Waals surface area contributed by atoms with Gasteiger partial charge in [-0.3, -0.25) is 0 Å². The number of rotatable bonds is 2. The molecule has 1 saturated heterocycles. The van der Waals surface area contributed by atoms with Gasteiger partial charge in [-0.25, -0.2) is 4.39 Å². The molecule has 0 saturated carbocycles. The molecule has 1 aromatic rings. The predicted molar refractivity (Wildman–Crippen MR) is 57.1 cm³/mol. The minimum absolute atomic E-state index is 0.192. The van der Waals surface area contributed by atoms with Crippen molar-refractivity contribution < 1.29 is 9.13 Å². The van der Waals surface area contributed by atoms with Crippen molar-refractivity contribution in [3.63, 3.8) is 0 Å². The molecule has 1 heterocycles. The van der Waals surface area contributed by atoms with Crippen molar-refractivity contribution in [2.75, 3.05) is 13.2 Å². The van der Waals surface area contributed by atoms with E-state index in [4.69, 9.17) is 10.5 Å². The van der Waals surface area contributed by atoms with Gasteiger partial charge in [-0.1, -0.05) is 12.1 Å². The van der Waals surface area contributed by atoms with Crippen LogP contribution >= 0.6 is 0 Å². The van der Waals surface area contributed by atoms with Crippen molar-refractivity contribution >= 4 is 0 Å². The monoisotopic (exact) mass is 209 g/mol. The average Bonchev–Trinajstić information content (AvgIpc) is 2.18. The summed E-state index contributed by atoms with van der Waals surface area (Å²) in [5, 5.41) is 0. The molecule has 2 rings (SSSR count). The second-order valence-corrected chi connectivity index (χ2v) is 4.28. The van der Waals surface area contributed by atoms with Crippen molar-refractivity contribution in [2.45, 2.75) is 24.8 Å². The number of ether oxygens (including phenoxy) is 1. The molecule has 0 unspecified atom stereocenters. The third-order valence-electron chi connectivity index (χ3n) is 2.93. The molecule has 2 N–H and O–H groups in total. The van der Waals surface area contributed by atoms with Gasteiger partial charge in [0.1, 0.15) is 5.82 Å². The van der Waals surface area contributed by atoms with Gasteiger partial charge in [-0.2, -0.15) is 0 Å². The quantitative estimate of drug-likeness (QED) is 0.807. The lowest BCUT2D eigenvalue weighted by Crippen LogP contribution is -2.46. The Morgan fingerprint density at radius 3 is 2.73 bits per heavy atom. The first kappa shape index (κ1) is 10.6. The van der Waals surface area contributed by atoms with Crippen LogP contribution in [0.2, 0.25) is 0 Å². The Balaban J connectivity index is 2.06. The maximum atomic E-state index is 13.0. The van der Waals surface area contributed by atoms with Crippen LogP contribution in [-0.4, -0.2) is 18.8 Å². The van der Waals surface area contributed by atoms with E-state index in [0.29, 0.717) is 13.2 Å². The van der Waals surface area contributed by atoms with Gasteiger partial charge >= 0.3 is 0 Å². The van der Waals surface area contributed by atoms with E-state index in [1.807, 2.05) is 6.07 Å². The fourth-order valence-electron chi connectivity index (χ4n) is 2.01. The highest BCUT2D eigenvalue weighted by Gasteiger charge is 2.28. The number of nitrogens with two attached hydrogens (primary N) is 1. The standard InChI is InChI=1S/C12H16FNO/c13-11-3-1-2-10(8-11)9-12(14)4-6-15-7-5-12/h1-3,8H,4-7,9,14H2. The molecular weight excluding hydrogens is 193 g/mol. The lowest BCUT2D eigenvalue weighted by atomic mass is 9.85. The van der Waals surface area contributed by atoms with Gasteiger partial charge in [-0.15, -0.1) is 0 Å². The Morgan fingerprint density at radius 1 is 1.33 bits per heavy atom. The molecule has 0 spiro atoms. The normalized spacial score (nSPS) is 20.1. The van der Waals surface area contributed by atoms with E-state index in [2.05, 4.69) is 0 Å². The van der Waals surface area contributed by atoms with Crippen molar-refractivity contribution in [1.29, 1.82) is 0 Å².